The Kier molecular flexibility index (Phi) is 45.4. The number of ether oxygens (including phenoxy) is 2. The molecule has 0 aliphatic carbocycles. The minimum absolute atomic E-state index is 0.226. The summed E-state index contributed by atoms with van der Waals surface area (Å²) in [7, 11) is -5.08. The van der Waals surface area contributed by atoms with Crippen LogP contribution in [0.1, 0.15) is 290 Å². The summed E-state index contributed by atoms with van der Waals surface area (Å²) in [6, 6.07) is -0.857. The Labute approximate surface area is 430 Å². The monoisotopic (exact) mass is 1020 g/mol. The summed E-state index contributed by atoms with van der Waals surface area (Å²) < 4.78 is 47.9. The summed E-state index contributed by atoms with van der Waals surface area (Å²) in [5, 5.41) is 45.1. The summed E-state index contributed by atoms with van der Waals surface area (Å²) in [4.78, 5) is 13.1. The van der Waals surface area contributed by atoms with E-state index in [9.17, 15) is 38.2 Å². The van der Waals surface area contributed by atoms with Crippen LogP contribution in [-0.2, 0) is 28.9 Å². The summed E-state index contributed by atoms with van der Waals surface area (Å²) in [5.41, 5.74) is 0. The van der Waals surface area contributed by atoms with E-state index in [2.05, 4.69) is 35.5 Å². The maximum atomic E-state index is 13.1. The first-order valence-electron chi connectivity index (χ1n) is 29.6. The van der Waals surface area contributed by atoms with Crippen molar-refractivity contribution in [2.24, 2.45) is 0 Å². The van der Waals surface area contributed by atoms with E-state index in [1.165, 1.54) is 212 Å². The molecule has 0 aromatic heterocycles. The Hall–Kier alpha value is -1.16. The largest absolute Gasteiger partial charge is 0.397 e. The predicted octanol–water partition coefficient (Wildman–Crippen LogP) is 13.8. The van der Waals surface area contributed by atoms with E-state index >= 15 is 0 Å². The van der Waals surface area contributed by atoms with Gasteiger partial charge in [0.1, 0.15) is 24.4 Å². The van der Waals surface area contributed by atoms with E-state index in [0.717, 1.165) is 51.4 Å². The van der Waals surface area contributed by atoms with Crippen LogP contribution in [0.5, 0.6) is 0 Å². The summed E-state index contributed by atoms with van der Waals surface area (Å²) in [5.74, 6) is -0.226. The molecule has 12 nitrogen and oxygen atoms in total. The first-order chi connectivity index (χ1) is 34.0. The number of carbonyl (C=O) groups is 1. The van der Waals surface area contributed by atoms with Crippen LogP contribution in [0.2, 0.25) is 0 Å². The molecule has 1 heterocycles. The summed E-state index contributed by atoms with van der Waals surface area (Å²) in [6.45, 7) is 3.50. The quantitative estimate of drug-likeness (QED) is 0.0193. The average molecular weight is 1020 g/mol. The fraction of sp³-hybridized carbons (Fsp3) is 0.947. The van der Waals surface area contributed by atoms with Crippen molar-refractivity contribution in [2.75, 3.05) is 13.2 Å². The van der Waals surface area contributed by atoms with Crippen LogP contribution in [0.4, 0.5) is 0 Å². The zero-order valence-electron chi connectivity index (χ0n) is 45.1. The second-order valence-electron chi connectivity index (χ2n) is 20.9. The van der Waals surface area contributed by atoms with Gasteiger partial charge in [-0.3, -0.25) is 9.35 Å². The zero-order valence-corrected chi connectivity index (χ0v) is 45.9. The van der Waals surface area contributed by atoms with Gasteiger partial charge in [-0.25, -0.2) is 4.18 Å². The molecule has 1 aliphatic rings. The van der Waals surface area contributed by atoms with E-state index in [-0.39, 0.29) is 12.5 Å². The predicted molar refractivity (Wildman–Crippen MR) is 287 cm³/mol. The number of allylic oxidation sites excluding steroid dienone is 2. The molecule has 13 heteroatoms. The Balaban J connectivity index is 2.32. The van der Waals surface area contributed by atoms with E-state index < -0.39 is 59.9 Å². The maximum absolute atomic E-state index is 13.1. The van der Waals surface area contributed by atoms with Crippen LogP contribution in [0.3, 0.4) is 0 Å². The van der Waals surface area contributed by atoms with Crippen molar-refractivity contribution in [3.05, 3.63) is 12.2 Å². The third-order valence-electron chi connectivity index (χ3n) is 14.3. The van der Waals surface area contributed by atoms with Gasteiger partial charge in [-0.2, -0.15) is 8.42 Å². The van der Waals surface area contributed by atoms with Crippen LogP contribution in [0.15, 0.2) is 12.2 Å². The van der Waals surface area contributed by atoms with Crippen molar-refractivity contribution < 1.29 is 51.8 Å². The normalized spacial score (nSPS) is 19.6. The van der Waals surface area contributed by atoms with Gasteiger partial charge in [-0.1, -0.05) is 257 Å². The molecule has 1 fully saturated rings. The van der Waals surface area contributed by atoms with Crippen LogP contribution in [0, 0.1) is 0 Å². The Bertz CT molecular complexity index is 1290. The number of carbonyl (C=O) groups excluding carboxylic acids is 1. The standard InChI is InChI=1S/C57H111NO11S/c1-3-5-7-9-11-13-15-17-19-21-22-23-24-25-26-27-28-29-31-33-35-37-39-41-43-45-47-53(61)58-50(49-67-57-55(63)56(69-70(64,65)66)54(62)52(48-59)68-57)51(60)46-44-42-40-38-36-34-32-30-20-18-16-14-12-10-8-6-4-2/h25-26,50-52,54-57,59-60,62-63H,3-24,27-49H2,1-2H3,(H,58,61)(H,64,65,66)/b26-25-. The van der Waals surface area contributed by atoms with Crippen LogP contribution < -0.4 is 5.32 Å². The van der Waals surface area contributed by atoms with Gasteiger partial charge in [0.05, 0.1) is 25.4 Å². The van der Waals surface area contributed by atoms with Gasteiger partial charge in [0.2, 0.25) is 5.91 Å². The number of rotatable bonds is 52. The fourth-order valence-corrected chi connectivity index (χ4v) is 10.3. The van der Waals surface area contributed by atoms with Crippen molar-refractivity contribution in [1.82, 2.24) is 5.32 Å². The SMILES string of the molecule is CCCCCCCCCCCCCC/C=C\CCCCCCCCCCCCC(=O)NC(COC1OC(CO)C(O)C(OS(=O)(=O)O)C1O)C(O)CCCCCCCCCCCCCCCCCCC. The molecule has 416 valence electrons. The molecule has 7 unspecified atom stereocenters. The highest BCUT2D eigenvalue weighted by atomic mass is 32.3. The second-order valence-corrected chi connectivity index (χ2v) is 22.0. The molecule has 1 rings (SSSR count). The lowest BCUT2D eigenvalue weighted by Gasteiger charge is -2.41. The Morgan fingerprint density at radius 3 is 1.29 bits per heavy atom. The third kappa shape index (κ3) is 39.3. The molecule has 1 saturated heterocycles. The van der Waals surface area contributed by atoms with Crippen molar-refractivity contribution >= 4 is 16.3 Å². The molecule has 0 spiro atoms. The maximum Gasteiger partial charge on any atom is 0.397 e. The lowest BCUT2D eigenvalue weighted by atomic mass is 9.99. The lowest BCUT2D eigenvalue weighted by molar-refractivity contribution is -0.298. The molecule has 7 atom stereocenters. The molecule has 0 bridgehead atoms. The van der Waals surface area contributed by atoms with Crippen molar-refractivity contribution in [3.63, 3.8) is 0 Å². The zero-order chi connectivity index (χ0) is 51.2. The molecule has 0 aromatic rings. The van der Waals surface area contributed by atoms with Gasteiger partial charge in [-0.15, -0.1) is 0 Å². The van der Waals surface area contributed by atoms with E-state index in [1.807, 2.05) is 0 Å². The third-order valence-corrected chi connectivity index (χ3v) is 14.8. The number of unbranched alkanes of at least 4 members (excludes halogenated alkanes) is 38. The molecule has 70 heavy (non-hydrogen) atoms. The topological polar surface area (TPSA) is 192 Å². The van der Waals surface area contributed by atoms with Gasteiger partial charge >= 0.3 is 10.4 Å². The highest BCUT2D eigenvalue weighted by molar-refractivity contribution is 7.80. The number of aliphatic hydroxyl groups excluding tert-OH is 4. The minimum Gasteiger partial charge on any atom is -0.394 e. The number of nitrogens with one attached hydrogen (secondary N) is 1. The molecule has 0 radical (unpaired) electrons. The molecule has 1 amide bonds. The van der Waals surface area contributed by atoms with Crippen LogP contribution in [0.25, 0.3) is 0 Å². The van der Waals surface area contributed by atoms with Gasteiger partial charge in [0, 0.05) is 6.42 Å². The lowest BCUT2D eigenvalue weighted by Crippen LogP contribution is -2.61. The van der Waals surface area contributed by atoms with Crippen LogP contribution >= 0.6 is 0 Å². The Morgan fingerprint density at radius 1 is 0.557 bits per heavy atom. The van der Waals surface area contributed by atoms with Gasteiger partial charge in [0.15, 0.2) is 6.29 Å². The second kappa shape index (κ2) is 47.5. The van der Waals surface area contributed by atoms with Gasteiger partial charge < -0.3 is 35.2 Å². The Morgan fingerprint density at radius 2 is 0.914 bits per heavy atom. The molecular weight excluding hydrogens is 907 g/mol. The number of hydrogen-bond acceptors (Lipinski definition) is 10. The van der Waals surface area contributed by atoms with E-state index in [1.54, 1.807) is 0 Å². The molecule has 0 aromatic carbocycles. The average Bonchev–Trinajstić information content (AvgIpc) is 3.33. The van der Waals surface area contributed by atoms with Gasteiger partial charge in [0.25, 0.3) is 0 Å². The summed E-state index contributed by atoms with van der Waals surface area (Å²) >= 11 is 0. The number of hydrogen-bond donors (Lipinski definition) is 6. The fourth-order valence-electron chi connectivity index (χ4n) is 9.75. The number of amides is 1. The number of aliphatic hydroxyl groups is 4. The van der Waals surface area contributed by atoms with Crippen molar-refractivity contribution in [3.8, 4) is 0 Å². The van der Waals surface area contributed by atoms with Gasteiger partial charge in [-0.05, 0) is 38.5 Å². The minimum atomic E-state index is -5.08. The summed E-state index contributed by atoms with van der Waals surface area (Å²) in [6.07, 6.45) is 47.9. The molecule has 6 N–H and O–H groups in total. The smallest absolute Gasteiger partial charge is 0.394 e. The van der Waals surface area contributed by atoms with Crippen molar-refractivity contribution in [2.45, 2.75) is 333 Å². The molecular formula is C57H111NO11S. The van der Waals surface area contributed by atoms with E-state index in [4.69, 9.17) is 9.47 Å². The first-order valence-corrected chi connectivity index (χ1v) is 30.9. The molecule has 0 saturated carbocycles. The van der Waals surface area contributed by atoms with Crippen LogP contribution in [-0.4, -0.2) is 95.4 Å². The molecule has 1 aliphatic heterocycles. The van der Waals surface area contributed by atoms with Crippen molar-refractivity contribution in [1.29, 1.82) is 0 Å². The van der Waals surface area contributed by atoms with E-state index in [0.29, 0.717) is 12.8 Å². The highest BCUT2D eigenvalue weighted by Crippen LogP contribution is 2.26. The first kappa shape index (κ1) is 66.9. The highest BCUT2D eigenvalue weighted by Gasteiger charge is 2.48.